The van der Waals surface area contributed by atoms with Gasteiger partial charge in [-0.05, 0) is 32.1 Å². The highest BCUT2D eigenvalue weighted by atomic mass is 16.5. The van der Waals surface area contributed by atoms with Crippen LogP contribution in [0, 0.1) is 0 Å². The topological polar surface area (TPSA) is 21.3 Å². The van der Waals surface area contributed by atoms with Crippen LogP contribution < -0.4 is 5.32 Å². The number of rotatable bonds is 3. The van der Waals surface area contributed by atoms with Crippen LogP contribution in [0.15, 0.2) is 0 Å². The first kappa shape index (κ1) is 7.56. The summed E-state index contributed by atoms with van der Waals surface area (Å²) in [6.07, 6.45) is 7.12. The molecule has 0 radical (unpaired) electrons. The van der Waals surface area contributed by atoms with Crippen LogP contribution >= 0.6 is 0 Å². The van der Waals surface area contributed by atoms with Crippen molar-refractivity contribution in [1.29, 1.82) is 0 Å². The number of methoxy groups -OCH3 is 1. The summed E-state index contributed by atoms with van der Waals surface area (Å²) in [5.41, 5.74) is 0. The maximum atomic E-state index is 5.30. The molecule has 0 bridgehead atoms. The third kappa shape index (κ3) is 1.94. The van der Waals surface area contributed by atoms with Crippen molar-refractivity contribution in [1.82, 2.24) is 5.32 Å². The first-order valence-electron chi connectivity index (χ1n) is 4.67. The van der Waals surface area contributed by atoms with Gasteiger partial charge in [0.2, 0.25) is 0 Å². The second kappa shape index (κ2) is 3.11. The molecule has 2 saturated carbocycles. The zero-order chi connectivity index (χ0) is 7.68. The molecule has 2 aliphatic rings. The summed E-state index contributed by atoms with van der Waals surface area (Å²) >= 11 is 0. The number of hydrogen-bond donors (Lipinski definition) is 1. The van der Waals surface area contributed by atoms with Gasteiger partial charge in [-0.2, -0.15) is 0 Å². The molecule has 0 aromatic rings. The van der Waals surface area contributed by atoms with Crippen LogP contribution in [0.1, 0.15) is 32.1 Å². The van der Waals surface area contributed by atoms with E-state index in [0.717, 1.165) is 12.1 Å². The molecule has 2 aliphatic carbocycles. The van der Waals surface area contributed by atoms with Crippen molar-refractivity contribution in [3.05, 3.63) is 0 Å². The molecule has 0 aliphatic heterocycles. The molecule has 1 N–H and O–H groups in total. The second-order valence-electron chi connectivity index (χ2n) is 3.81. The Kier molecular flexibility index (Phi) is 2.14. The Morgan fingerprint density at radius 3 is 2.36 bits per heavy atom. The summed E-state index contributed by atoms with van der Waals surface area (Å²) in [4.78, 5) is 0. The summed E-state index contributed by atoms with van der Waals surface area (Å²) in [5, 5.41) is 3.64. The summed E-state index contributed by atoms with van der Waals surface area (Å²) in [6, 6.07) is 1.61. The van der Waals surface area contributed by atoms with Crippen molar-refractivity contribution < 1.29 is 4.74 Å². The monoisotopic (exact) mass is 155 g/mol. The summed E-state index contributed by atoms with van der Waals surface area (Å²) in [6.45, 7) is 0. The van der Waals surface area contributed by atoms with E-state index >= 15 is 0 Å². The SMILES string of the molecule is CO[C@H]1CC[C@@H](NC2CC2)C1. The van der Waals surface area contributed by atoms with E-state index < -0.39 is 0 Å². The van der Waals surface area contributed by atoms with Crippen LogP contribution in [0.25, 0.3) is 0 Å². The van der Waals surface area contributed by atoms with Gasteiger partial charge < -0.3 is 10.1 Å². The molecule has 0 aromatic heterocycles. The summed E-state index contributed by atoms with van der Waals surface area (Å²) in [5.74, 6) is 0. The Balaban J connectivity index is 1.70. The lowest BCUT2D eigenvalue weighted by Crippen LogP contribution is -2.28. The highest BCUT2D eigenvalue weighted by molar-refractivity contribution is 4.89. The summed E-state index contributed by atoms with van der Waals surface area (Å²) in [7, 11) is 1.82. The molecule has 11 heavy (non-hydrogen) atoms. The molecule has 2 rings (SSSR count). The normalized spacial score (nSPS) is 37.9. The molecule has 0 spiro atoms. The van der Waals surface area contributed by atoms with Gasteiger partial charge in [0.15, 0.2) is 0 Å². The standard InChI is InChI=1S/C9H17NO/c1-11-9-5-4-8(6-9)10-7-2-3-7/h7-10H,2-6H2,1H3/t8-,9+/m1/s1. The lowest BCUT2D eigenvalue weighted by atomic mass is 10.2. The fourth-order valence-corrected chi connectivity index (χ4v) is 1.89. The largest absolute Gasteiger partial charge is 0.381 e. The van der Waals surface area contributed by atoms with E-state index in [2.05, 4.69) is 5.32 Å². The minimum Gasteiger partial charge on any atom is -0.381 e. The van der Waals surface area contributed by atoms with Crippen LogP contribution in [-0.2, 0) is 4.74 Å². The molecule has 0 aromatic carbocycles. The minimum absolute atomic E-state index is 0.534. The van der Waals surface area contributed by atoms with Crippen molar-refractivity contribution in [3.8, 4) is 0 Å². The van der Waals surface area contributed by atoms with Gasteiger partial charge in [0.1, 0.15) is 0 Å². The van der Waals surface area contributed by atoms with E-state index in [1.807, 2.05) is 7.11 Å². The van der Waals surface area contributed by atoms with Crippen LogP contribution in [0.5, 0.6) is 0 Å². The first-order chi connectivity index (χ1) is 5.38. The molecule has 0 unspecified atom stereocenters. The van der Waals surface area contributed by atoms with E-state index in [0.29, 0.717) is 6.10 Å². The van der Waals surface area contributed by atoms with Gasteiger partial charge >= 0.3 is 0 Å². The van der Waals surface area contributed by atoms with Crippen molar-refractivity contribution in [3.63, 3.8) is 0 Å². The molecular weight excluding hydrogens is 138 g/mol. The Morgan fingerprint density at radius 1 is 1.09 bits per heavy atom. The van der Waals surface area contributed by atoms with Gasteiger partial charge in [0, 0.05) is 19.2 Å². The first-order valence-corrected chi connectivity index (χ1v) is 4.67. The Bertz CT molecular complexity index is 134. The number of ether oxygens (including phenoxy) is 1. The fourth-order valence-electron chi connectivity index (χ4n) is 1.89. The summed E-state index contributed by atoms with van der Waals surface area (Å²) < 4.78 is 5.30. The fraction of sp³-hybridized carbons (Fsp3) is 1.00. The molecule has 2 heteroatoms. The average Bonchev–Trinajstić information content (AvgIpc) is 2.68. The van der Waals surface area contributed by atoms with Gasteiger partial charge in [-0.15, -0.1) is 0 Å². The maximum absolute atomic E-state index is 5.30. The third-order valence-electron chi connectivity index (χ3n) is 2.77. The predicted octanol–water partition coefficient (Wildman–Crippen LogP) is 1.31. The molecule has 0 amide bonds. The second-order valence-corrected chi connectivity index (χ2v) is 3.81. The Morgan fingerprint density at radius 2 is 1.82 bits per heavy atom. The minimum atomic E-state index is 0.534. The molecule has 2 atom stereocenters. The molecule has 2 nitrogen and oxygen atoms in total. The number of nitrogens with one attached hydrogen (secondary N) is 1. The Labute approximate surface area is 68.3 Å². The molecule has 0 heterocycles. The van der Waals surface area contributed by atoms with E-state index in [4.69, 9.17) is 4.74 Å². The lowest BCUT2D eigenvalue weighted by Gasteiger charge is -2.11. The third-order valence-corrected chi connectivity index (χ3v) is 2.77. The quantitative estimate of drug-likeness (QED) is 0.663. The maximum Gasteiger partial charge on any atom is 0.0586 e. The van der Waals surface area contributed by atoms with Crippen LogP contribution in [0.3, 0.4) is 0 Å². The molecule has 2 fully saturated rings. The van der Waals surface area contributed by atoms with Gasteiger partial charge in [-0.1, -0.05) is 0 Å². The zero-order valence-electron chi connectivity index (χ0n) is 7.18. The van der Waals surface area contributed by atoms with Crippen LogP contribution in [0.2, 0.25) is 0 Å². The molecule has 0 saturated heterocycles. The predicted molar refractivity (Wildman–Crippen MR) is 44.6 cm³/mol. The molecule has 64 valence electrons. The van der Waals surface area contributed by atoms with E-state index in [1.54, 1.807) is 0 Å². The highest BCUT2D eigenvalue weighted by Crippen LogP contribution is 2.26. The van der Waals surface area contributed by atoms with Gasteiger partial charge in [0.05, 0.1) is 6.10 Å². The van der Waals surface area contributed by atoms with Crippen LogP contribution in [0.4, 0.5) is 0 Å². The average molecular weight is 155 g/mol. The van der Waals surface area contributed by atoms with Crippen molar-refractivity contribution >= 4 is 0 Å². The van der Waals surface area contributed by atoms with E-state index in [1.165, 1.54) is 32.1 Å². The number of hydrogen-bond acceptors (Lipinski definition) is 2. The van der Waals surface area contributed by atoms with Gasteiger partial charge in [0.25, 0.3) is 0 Å². The Hall–Kier alpha value is -0.0800. The van der Waals surface area contributed by atoms with Crippen molar-refractivity contribution in [2.24, 2.45) is 0 Å². The molecular formula is C9H17NO. The van der Waals surface area contributed by atoms with Gasteiger partial charge in [-0.25, -0.2) is 0 Å². The lowest BCUT2D eigenvalue weighted by molar-refractivity contribution is 0.107. The van der Waals surface area contributed by atoms with Crippen molar-refractivity contribution in [2.45, 2.75) is 50.3 Å². The van der Waals surface area contributed by atoms with Gasteiger partial charge in [-0.3, -0.25) is 0 Å². The highest BCUT2D eigenvalue weighted by Gasteiger charge is 2.29. The van der Waals surface area contributed by atoms with E-state index in [9.17, 15) is 0 Å². The smallest absolute Gasteiger partial charge is 0.0586 e. The van der Waals surface area contributed by atoms with Crippen LogP contribution in [-0.4, -0.2) is 25.3 Å². The zero-order valence-corrected chi connectivity index (χ0v) is 7.18. The van der Waals surface area contributed by atoms with Crippen molar-refractivity contribution in [2.75, 3.05) is 7.11 Å². The van der Waals surface area contributed by atoms with E-state index in [-0.39, 0.29) is 0 Å².